The molecule has 1 N–H and O–H groups in total. The van der Waals surface area contributed by atoms with Gasteiger partial charge in [0.2, 0.25) is 5.75 Å². The molecule has 1 unspecified atom stereocenters. The largest absolute Gasteiger partial charge is 0.504 e. The highest BCUT2D eigenvalue weighted by Gasteiger charge is 2.25. The number of methoxy groups -OCH3 is 1. The fraction of sp³-hybridized carbons (Fsp3) is 0.500. The number of rotatable bonds is 11. The minimum absolute atomic E-state index is 0.0224. The van der Waals surface area contributed by atoms with Gasteiger partial charge in [0.25, 0.3) is 5.88 Å². The van der Waals surface area contributed by atoms with Gasteiger partial charge in [0, 0.05) is 11.6 Å². The van der Waals surface area contributed by atoms with Crippen LogP contribution in [-0.2, 0) is 11.3 Å². The van der Waals surface area contributed by atoms with Crippen LogP contribution < -0.4 is 14.8 Å². The predicted octanol–water partition coefficient (Wildman–Crippen LogP) is 5.75. The number of allylic oxidation sites excluding steroid dienone is 1. The van der Waals surface area contributed by atoms with Crippen molar-refractivity contribution in [2.24, 2.45) is 5.92 Å². The summed E-state index contributed by atoms with van der Waals surface area (Å²) in [5.74, 6) is 0.747. The summed E-state index contributed by atoms with van der Waals surface area (Å²) in [6, 6.07) is 8.09. The zero-order valence-electron chi connectivity index (χ0n) is 19.4. The lowest BCUT2D eigenvalue weighted by Crippen LogP contribution is -2.12. The third kappa shape index (κ3) is 7.75. The van der Waals surface area contributed by atoms with Crippen LogP contribution >= 0.6 is 0 Å². The molecule has 0 bridgehead atoms. The average molecular weight is 450 g/mol. The van der Waals surface area contributed by atoms with Crippen LogP contribution in [0.5, 0.6) is 11.6 Å². The molecule has 1 heterocycles. The van der Waals surface area contributed by atoms with E-state index in [0.717, 1.165) is 36.0 Å². The van der Waals surface area contributed by atoms with E-state index < -0.39 is 6.61 Å². The smallest absolute Gasteiger partial charge is 0.387 e. The molecule has 2 aromatic rings. The SMILES string of the molecule is CC.CNC(C)c1ccc(COc2nc(/C(=C\OC)CC3CC3)ncc2OC(F)F)cc1. The lowest BCUT2D eigenvalue weighted by atomic mass is 10.1. The maximum atomic E-state index is 12.8. The normalized spacial score (nSPS) is 14.4. The standard InChI is InChI=1S/C22H27F2N3O3.C2H6/c1-14(25-2)17-8-6-16(7-9-17)12-29-21-19(30-22(23)24)11-26-20(27-21)18(13-28-3)10-15-4-5-15;1-2/h6-9,11,13-15,22,25H,4-5,10,12H2,1-3H3;1-2H3/b18-13-;. The first kappa shape index (κ1) is 25.5. The summed E-state index contributed by atoms with van der Waals surface area (Å²) in [4.78, 5) is 8.53. The Hall–Kier alpha value is -2.74. The Morgan fingerprint density at radius 3 is 2.47 bits per heavy atom. The quantitative estimate of drug-likeness (QED) is 0.441. The lowest BCUT2D eigenvalue weighted by molar-refractivity contribution is -0.0522. The summed E-state index contributed by atoms with van der Waals surface area (Å²) in [7, 11) is 3.45. The first-order valence-corrected chi connectivity index (χ1v) is 10.9. The number of nitrogens with one attached hydrogen (secondary N) is 1. The molecule has 1 aliphatic carbocycles. The Morgan fingerprint density at radius 1 is 1.22 bits per heavy atom. The maximum Gasteiger partial charge on any atom is 0.387 e. The van der Waals surface area contributed by atoms with E-state index in [1.165, 1.54) is 6.20 Å². The number of benzene rings is 1. The Balaban J connectivity index is 0.00000176. The van der Waals surface area contributed by atoms with Crippen molar-refractivity contribution in [2.75, 3.05) is 14.2 Å². The summed E-state index contributed by atoms with van der Waals surface area (Å²) >= 11 is 0. The number of hydrogen-bond donors (Lipinski definition) is 1. The monoisotopic (exact) mass is 449 g/mol. The summed E-state index contributed by atoms with van der Waals surface area (Å²) < 4.78 is 41.1. The van der Waals surface area contributed by atoms with Gasteiger partial charge in [-0.2, -0.15) is 13.8 Å². The van der Waals surface area contributed by atoms with Crippen molar-refractivity contribution in [3.8, 4) is 11.6 Å². The molecule has 0 amide bonds. The van der Waals surface area contributed by atoms with Crippen molar-refractivity contribution >= 4 is 5.57 Å². The molecule has 0 aliphatic heterocycles. The van der Waals surface area contributed by atoms with Crippen LogP contribution in [0, 0.1) is 5.92 Å². The minimum Gasteiger partial charge on any atom is -0.504 e. The van der Waals surface area contributed by atoms with Gasteiger partial charge in [-0.25, -0.2) is 4.98 Å². The minimum atomic E-state index is -3.00. The Bertz CT molecular complexity index is 856. The number of halogens is 2. The van der Waals surface area contributed by atoms with E-state index in [4.69, 9.17) is 9.47 Å². The van der Waals surface area contributed by atoms with Crippen molar-refractivity contribution in [2.45, 2.75) is 59.3 Å². The van der Waals surface area contributed by atoms with Gasteiger partial charge >= 0.3 is 6.61 Å². The third-order valence-electron chi connectivity index (χ3n) is 4.98. The van der Waals surface area contributed by atoms with Crippen LogP contribution in [0.1, 0.15) is 63.0 Å². The number of hydrogen-bond acceptors (Lipinski definition) is 6. The van der Waals surface area contributed by atoms with Gasteiger partial charge in [-0.1, -0.05) is 38.1 Å². The predicted molar refractivity (Wildman–Crippen MR) is 121 cm³/mol. The van der Waals surface area contributed by atoms with Crippen molar-refractivity contribution < 1.29 is 23.0 Å². The van der Waals surface area contributed by atoms with E-state index >= 15 is 0 Å². The highest BCUT2D eigenvalue weighted by molar-refractivity contribution is 5.60. The second kappa shape index (κ2) is 13.0. The molecule has 3 rings (SSSR count). The second-order valence-corrected chi connectivity index (χ2v) is 7.31. The molecule has 1 atom stereocenters. The van der Waals surface area contributed by atoms with E-state index in [1.54, 1.807) is 13.4 Å². The van der Waals surface area contributed by atoms with E-state index in [9.17, 15) is 8.78 Å². The molecule has 1 saturated carbocycles. The van der Waals surface area contributed by atoms with Gasteiger partial charge in [-0.05, 0) is 50.3 Å². The number of alkyl halides is 2. The highest BCUT2D eigenvalue weighted by Crippen LogP contribution is 2.38. The van der Waals surface area contributed by atoms with Gasteiger partial charge in [0.05, 0.1) is 19.6 Å². The maximum absolute atomic E-state index is 12.8. The van der Waals surface area contributed by atoms with Gasteiger partial charge < -0.3 is 19.5 Å². The van der Waals surface area contributed by atoms with Crippen LogP contribution in [0.3, 0.4) is 0 Å². The molecule has 32 heavy (non-hydrogen) atoms. The van der Waals surface area contributed by atoms with Crippen LogP contribution in [0.15, 0.2) is 36.7 Å². The first-order chi connectivity index (χ1) is 15.5. The topological polar surface area (TPSA) is 65.5 Å². The average Bonchev–Trinajstić information content (AvgIpc) is 3.63. The summed E-state index contributed by atoms with van der Waals surface area (Å²) in [6.45, 7) is 3.23. The molecular formula is C24H33F2N3O3. The molecule has 1 aromatic heterocycles. The van der Waals surface area contributed by atoms with Crippen LogP contribution in [0.25, 0.3) is 5.57 Å². The van der Waals surface area contributed by atoms with Gasteiger partial charge in [0.1, 0.15) is 6.61 Å². The van der Waals surface area contributed by atoms with E-state index in [-0.39, 0.29) is 24.3 Å². The van der Waals surface area contributed by atoms with Gasteiger partial charge in [-0.3, -0.25) is 0 Å². The summed E-state index contributed by atoms with van der Waals surface area (Å²) in [5, 5.41) is 3.18. The van der Waals surface area contributed by atoms with E-state index in [0.29, 0.717) is 11.7 Å². The molecule has 1 aromatic carbocycles. The molecule has 1 fully saturated rings. The molecule has 0 radical (unpaired) electrons. The third-order valence-corrected chi connectivity index (χ3v) is 4.98. The Labute approximate surface area is 189 Å². The molecule has 0 saturated heterocycles. The van der Waals surface area contributed by atoms with E-state index in [2.05, 4.69) is 26.9 Å². The van der Waals surface area contributed by atoms with Crippen LogP contribution in [0.4, 0.5) is 8.78 Å². The van der Waals surface area contributed by atoms with Crippen molar-refractivity contribution in [3.05, 3.63) is 53.7 Å². The zero-order chi connectivity index (χ0) is 23.5. The van der Waals surface area contributed by atoms with Crippen LogP contribution in [-0.4, -0.2) is 30.7 Å². The van der Waals surface area contributed by atoms with Crippen LogP contribution in [0.2, 0.25) is 0 Å². The second-order valence-electron chi connectivity index (χ2n) is 7.31. The highest BCUT2D eigenvalue weighted by atomic mass is 19.3. The summed E-state index contributed by atoms with van der Waals surface area (Å²) in [6.07, 6.45) is 5.89. The Morgan fingerprint density at radius 2 is 1.91 bits per heavy atom. The van der Waals surface area contributed by atoms with Crippen molar-refractivity contribution in [1.29, 1.82) is 0 Å². The molecule has 0 spiro atoms. The number of ether oxygens (including phenoxy) is 3. The van der Waals surface area contributed by atoms with Crippen molar-refractivity contribution in [1.82, 2.24) is 15.3 Å². The van der Waals surface area contributed by atoms with Crippen molar-refractivity contribution in [3.63, 3.8) is 0 Å². The lowest BCUT2D eigenvalue weighted by Gasteiger charge is -2.14. The number of aromatic nitrogens is 2. The Kier molecular flexibility index (Phi) is 10.3. The molecule has 176 valence electrons. The molecule has 1 aliphatic rings. The van der Waals surface area contributed by atoms with Gasteiger partial charge in [0.15, 0.2) is 5.82 Å². The molecular weight excluding hydrogens is 416 g/mol. The zero-order valence-corrected chi connectivity index (χ0v) is 19.4. The van der Waals surface area contributed by atoms with Gasteiger partial charge in [-0.15, -0.1) is 0 Å². The fourth-order valence-electron chi connectivity index (χ4n) is 2.98. The summed E-state index contributed by atoms with van der Waals surface area (Å²) in [5.41, 5.74) is 2.83. The molecule has 8 heteroatoms. The number of nitrogens with zero attached hydrogens (tertiary/aromatic N) is 2. The molecule has 6 nitrogen and oxygen atoms in total. The first-order valence-electron chi connectivity index (χ1n) is 10.9. The fourth-order valence-corrected chi connectivity index (χ4v) is 2.98. The van der Waals surface area contributed by atoms with E-state index in [1.807, 2.05) is 45.2 Å².